The van der Waals surface area contributed by atoms with E-state index in [1.807, 2.05) is 31.3 Å². The molecule has 1 fully saturated rings. The number of ether oxygens (including phenoxy) is 1. The molecule has 1 atom stereocenters. The summed E-state index contributed by atoms with van der Waals surface area (Å²) < 4.78 is 5.48. The van der Waals surface area contributed by atoms with Crippen LogP contribution < -0.4 is 16.0 Å². The molecule has 0 heterocycles. The van der Waals surface area contributed by atoms with E-state index in [0.29, 0.717) is 12.6 Å². The largest absolute Gasteiger partial charge is 0.376 e. The van der Waals surface area contributed by atoms with Crippen molar-refractivity contribution >= 4 is 11.7 Å². The first-order chi connectivity index (χ1) is 10.1. The van der Waals surface area contributed by atoms with Crippen LogP contribution in [0.4, 0.5) is 10.5 Å². The molecule has 3 N–H and O–H groups in total. The van der Waals surface area contributed by atoms with E-state index < -0.39 is 0 Å². The van der Waals surface area contributed by atoms with E-state index >= 15 is 0 Å². The van der Waals surface area contributed by atoms with Crippen molar-refractivity contribution in [3.63, 3.8) is 0 Å². The molecule has 1 aromatic rings. The second-order valence-corrected chi connectivity index (χ2v) is 5.68. The fourth-order valence-electron chi connectivity index (χ4n) is 2.46. The maximum atomic E-state index is 11.9. The summed E-state index contributed by atoms with van der Waals surface area (Å²) in [5.41, 5.74) is 1.83. The van der Waals surface area contributed by atoms with Crippen LogP contribution in [-0.4, -0.2) is 32.3 Å². The van der Waals surface area contributed by atoms with Crippen LogP contribution in [0.2, 0.25) is 0 Å². The van der Waals surface area contributed by atoms with Crippen LogP contribution in [0.25, 0.3) is 0 Å². The number of carbonyl (C=O) groups excluding carboxylic acids is 1. The number of anilines is 1. The lowest BCUT2D eigenvalue weighted by atomic mass is 9.80. The first-order valence-electron chi connectivity index (χ1n) is 7.46. The number of amides is 2. The summed E-state index contributed by atoms with van der Waals surface area (Å²) in [6.45, 7) is 2.65. The van der Waals surface area contributed by atoms with E-state index in [9.17, 15) is 4.79 Å². The molecule has 1 aromatic carbocycles. The highest BCUT2D eigenvalue weighted by Gasteiger charge is 2.37. The molecule has 0 saturated heterocycles. The zero-order valence-electron chi connectivity index (χ0n) is 13.0. The SMILES string of the molecule is CNC(C)c1ccc(NC(=O)NCC2(OC)CCC2)cc1. The summed E-state index contributed by atoms with van der Waals surface area (Å²) >= 11 is 0. The number of benzene rings is 1. The van der Waals surface area contributed by atoms with Gasteiger partial charge in [0.05, 0.1) is 5.60 Å². The third kappa shape index (κ3) is 3.95. The van der Waals surface area contributed by atoms with Crippen LogP contribution in [-0.2, 0) is 4.74 Å². The van der Waals surface area contributed by atoms with Gasteiger partial charge in [-0.05, 0) is 50.9 Å². The molecule has 1 unspecified atom stereocenters. The van der Waals surface area contributed by atoms with Gasteiger partial charge in [0, 0.05) is 25.4 Å². The molecule has 0 aromatic heterocycles. The highest BCUT2D eigenvalue weighted by Crippen LogP contribution is 2.34. The van der Waals surface area contributed by atoms with Gasteiger partial charge in [0.25, 0.3) is 0 Å². The number of urea groups is 1. The van der Waals surface area contributed by atoms with Crippen molar-refractivity contribution in [2.45, 2.75) is 37.8 Å². The zero-order valence-corrected chi connectivity index (χ0v) is 13.0. The Balaban J connectivity index is 1.82. The van der Waals surface area contributed by atoms with Crippen molar-refractivity contribution in [3.05, 3.63) is 29.8 Å². The van der Waals surface area contributed by atoms with Crippen LogP contribution in [0.15, 0.2) is 24.3 Å². The predicted octanol–water partition coefficient (Wildman–Crippen LogP) is 2.66. The minimum absolute atomic E-state index is 0.149. The number of hydrogen-bond donors (Lipinski definition) is 3. The Morgan fingerprint density at radius 1 is 1.33 bits per heavy atom. The Morgan fingerprint density at radius 3 is 2.48 bits per heavy atom. The van der Waals surface area contributed by atoms with Crippen molar-refractivity contribution in [1.82, 2.24) is 10.6 Å². The van der Waals surface area contributed by atoms with Gasteiger partial charge in [-0.3, -0.25) is 0 Å². The molecule has 116 valence electrons. The molecule has 5 nitrogen and oxygen atoms in total. The monoisotopic (exact) mass is 291 g/mol. The lowest BCUT2D eigenvalue weighted by Gasteiger charge is -2.40. The molecule has 0 bridgehead atoms. The fraction of sp³-hybridized carbons (Fsp3) is 0.562. The molecule has 21 heavy (non-hydrogen) atoms. The molecule has 1 aliphatic carbocycles. The smallest absolute Gasteiger partial charge is 0.319 e. The van der Waals surface area contributed by atoms with Crippen LogP contribution in [0.5, 0.6) is 0 Å². The van der Waals surface area contributed by atoms with Crippen molar-refractivity contribution in [1.29, 1.82) is 0 Å². The highest BCUT2D eigenvalue weighted by atomic mass is 16.5. The first-order valence-corrected chi connectivity index (χ1v) is 7.46. The standard InChI is InChI=1S/C16H25N3O2/c1-12(17-2)13-5-7-14(8-6-13)19-15(20)18-11-16(21-3)9-4-10-16/h5-8,12,17H,4,9-11H2,1-3H3,(H2,18,19,20). The van der Waals surface area contributed by atoms with E-state index in [4.69, 9.17) is 4.74 Å². The minimum atomic E-state index is -0.187. The van der Waals surface area contributed by atoms with Gasteiger partial charge in [0.1, 0.15) is 0 Å². The topological polar surface area (TPSA) is 62.4 Å². The van der Waals surface area contributed by atoms with Crippen molar-refractivity contribution in [2.24, 2.45) is 0 Å². The fourth-order valence-corrected chi connectivity index (χ4v) is 2.46. The summed E-state index contributed by atoms with van der Waals surface area (Å²) in [5.74, 6) is 0. The molecule has 1 saturated carbocycles. The number of rotatable bonds is 6. The van der Waals surface area contributed by atoms with Crippen molar-refractivity contribution < 1.29 is 9.53 Å². The predicted molar refractivity (Wildman–Crippen MR) is 84.5 cm³/mol. The van der Waals surface area contributed by atoms with Gasteiger partial charge in [0.2, 0.25) is 0 Å². The van der Waals surface area contributed by atoms with Crippen LogP contribution >= 0.6 is 0 Å². The third-order valence-corrected chi connectivity index (χ3v) is 4.37. The van der Waals surface area contributed by atoms with Crippen LogP contribution in [0.3, 0.4) is 0 Å². The quantitative estimate of drug-likeness (QED) is 0.755. The van der Waals surface area contributed by atoms with Gasteiger partial charge < -0.3 is 20.7 Å². The first kappa shape index (κ1) is 15.8. The third-order valence-electron chi connectivity index (χ3n) is 4.37. The molecule has 0 aliphatic heterocycles. The van der Waals surface area contributed by atoms with E-state index in [1.165, 1.54) is 12.0 Å². The maximum absolute atomic E-state index is 11.9. The molecule has 2 rings (SSSR count). The minimum Gasteiger partial charge on any atom is -0.376 e. The average Bonchev–Trinajstić information content (AvgIpc) is 2.46. The van der Waals surface area contributed by atoms with Gasteiger partial charge >= 0.3 is 6.03 Å². The lowest BCUT2D eigenvalue weighted by molar-refractivity contribution is -0.0671. The molecule has 0 radical (unpaired) electrons. The van der Waals surface area contributed by atoms with Crippen LogP contribution in [0.1, 0.15) is 37.8 Å². The van der Waals surface area contributed by atoms with Gasteiger partial charge in [-0.25, -0.2) is 4.79 Å². The summed E-state index contributed by atoms with van der Waals surface area (Å²) in [6, 6.07) is 7.97. The number of methoxy groups -OCH3 is 1. The summed E-state index contributed by atoms with van der Waals surface area (Å²) in [5, 5.41) is 8.91. The van der Waals surface area contributed by atoms with E-state index in [-0.39, 0.29) is 11.6 Å². The van der Waals surface area contributed by atoms with Crippen molar-refractivity contribution in [2.75, 3.05) is 26.0 Å². The van der Waals surface area contributed by atoms with E-state index in [2.05, 4.69) is 22.9 Å². The zero-order chi connectivity index (χ0) is 15.3. The Kier molecular flexibility index (Phi) is 5.20. The Hall–Kier alpha value is -1.59. The molecule has 2 amide bonds. The van der Waals surface area contributed by atoms with Gasteiger partial charge in [-0.1, -0.05) is 12.1 Å². The number of carbonyl (C=O) groups is 1. The maximum Gasteiger partial charge on any atom is 0.319 e. The lowest BCUT2D eigenvalue weighted by Crippen LogP contribution is -2.50. The molecule has 0 spiro atoms. The van der Waals surface area contributed by atoms with Crippen LogP contribution in [0, 0.1) is 0 Å². The Bertz CT molecular complexity index is 463. The molecule has 5 heteroatoms. The molecule has 1 aliphatic rings. The van der Waals surface area contributed by atoms with Gasteiger partial charge in [-0.15, -0.1) is 0 Å². The van der Waals surface area contributed by atoms with E-state index in [1.54, 1.807) is 7.11 Å². The molecular weight excluding hydrogens is 266 g/mol. The summed E-state index contributed by atoms with van der Waals surface area (Å²) in [4.78, 5) is 11.9. The normalized spacial score (nSPS) is 17.7. The summed E-state index contributed by atoms with van der Waals surface area (Å²) in [6.07, 6.45) is 3.20. The summed E-state index contributed by atoms with van der Waals surface area (Å²) in [7, 11) is 3.64. The molecular formula is C16H25N3O2. The number of hydrogen-bond acceptors (Lipinski definition) is 3. The average molecular weight is 291 g/mol. The highest BCUT2D eigenvalue weighted by molar-refractivity contribution is 5.89. The van der Waals surface area contributed by atoms with Crippen molar-refractivity contribution in [3.8, 4) is 0 Å². The van der Waals surface area contributed by atoms with Gasteiger partial charge in [-0.2, -0.15) is 0 Å². The Morgan fingerprint density at radius 2 is 2.00 bits per heavy atom. The second kappa shape index (κ2) is 6.91. The Labute approximate surface area is 126 Å². The second-order valence-electron chi connectivity index (χ2n) is 5.68. The number of nitrogens with one attached hydrogen (secondary N) is 3. The van der Waals surface area contributed by atoms with Gasteiger partial charge in [0.15, 0.2) is 0 Å². The van der Waals surface area contributed by atoms with E-state index in [0.717, 1.165) is 18.5 Å².